The number of aromatic nitrogens is 4. The molecule has 4 heterocycles. The van der Waals surface area contributed by atoms with Gasteiger partial charge in [-0.15, -0.1) is 0 Å². The highest BCUT2D eigenvalue weighted by Gasteiger charge is 2.40. The molecule has 0 unspecified atom stereocenters. The van der Waals surface area contributed by atoms with Crippen LogP contribution in [0.1, 0.15) is 36.0 Å². The molecule has 0 saturated carbocycles. The molecular formula is C17H23N5O. The number of ether oxygens (including phenoxy) is 1. The molecule has 4 rings (SSSR count). The van der Waals surface area contributed by atoms with Gasteiger partial charge in [0.15, 0.2) is 0 Å². The van der Waals surface area contributed by atoms with Crippen LogP contribution in [0, 0.1) is 12.8 Å². The maximum absolute atomic E-state index is 6.33. The lowest BCUT2D eigenvalue weighted by Crippen LogP contribution is -2.41. The molecule has 2 aromatic heterocycles. The van der Waals surface area contributed by atoms with Crippen LogP contribution in [0.4, 0.5) is 0 Å². The first-order valence-corrected chi connectivity index (χ1v) is 8.32. The van der Waals surface area contributed by atoms with Crippen LogP contribution >= 0.6 is 0 Å². The van der Waals surface area contributed by atoms with Gasteiger partial charge in [-0.25, -0.2) is 9.97 Å². The Morgan fingerprint density at radius 1 is 1.39 bits per heavy atom. The predicted octanol–water partition coefficient (Wildman–Crippen LogP) is 1.87. The molecular weight excluding hydrogens is 290 g/mol. The molecule has 2 fully saturated rings. The number of aryl methyl sites for hydroxylation is 2. The number of nitrogens with zero attached hydrogens (tertiary/aromatic N) is 5. The van der Waals surface area contributed by atoms with Crippen LogP contribution in [-0.4, -0.2) is 43.8 Å². The average molecular weight is 313 g/mol. The predicted molar refractivity (Wildman–Crippen MR) is 85.6 cm³/mol. The molecule has 0 bridgehead atoms. The summed E-state index contributed by atoms with van der Waals surface area (Å²) in [6, 6.07) is 1.99. The first kappa shape index (κ1) is 14.8. The van der Waals surface area contributed by atoms with Crippen molar-refractivity contribution in [2.75, 3.05) is 13.1 Å². The lowest BCUT2D eigenvalue weighted by atomic mass is 9.91. The Kier molecular flexibility index (Phi) is 3.87. The van der Waals surface area contributed by atoms with Crippen molar-refractivity contribution in [1.82, 2.24) is 24.6 Å². The van der Waals surface area contributed by atoms with Crippen LogP contribution in [-0.2, 0) is 18.3 Å². The second-order valence-corrected chi connectivity index (χ2v) is 6.73. The monoisotopic (exact) mass is 313 g/mol. The van der Waals surface area contributed by atoms with E-state index in [1.165, 1.54) is 12.0 Å². The zero-order chi connectivity index (χ0) is 15.8. The van der Waals surface area contributed by atoms with E-state index in [0.717, 1.165) is 37.6 Å². The Morgan fingerprint density at radius 3 is 3.09 bits per heavy atom. The van der Waals surface area contributed by atoms with Crippen molar-refractivity contribution in [3.05, 3.63) is 41.7 Å². The summed E-state index contributed by atoms with van der Waals surface area (Å²) < 4.78 is 8.19. The van der Waals surface area contributed by atoms with E-state index in [4.69, 9.17) is 4.74 Å². The molecule has 122 valence electrons. The number of likely N-dealkylation sites (tertiary alicyclic amines) is 1. The largest absolute Gasteiger partial charge is 0.367 e. The minimum atomic E-state index is 0.130. The van der Waals surface area contributed by atoms with Crippen molar-refractivity contribution in [3.63, 3.8) is 0 Å². The van der Waals surface area contributed by atoms with Crippen LogP contribution in [0.5, 0.6) is 0 Å². The summed E-state index contributed by atoms with van der Waals surface area (Å²) in [6.07, 6.45) is 8.61. The van der Waals surface area contributed by atoms with Gasteiger partial charge in [0, 0.05) is 38.1 Å². The topological polar surface area (TPSA) is 56.1 Å². The van der Waals surface area contributed by atoms with Crippen molar-refractivity contribution in [1.29, 1.82) is 0 Å². The fraction of sp³-hybridized carbons (Fsp3) is 0.588. The first-order valence-electron chi connectivity index (χ1n) is 8.32. The van der Waals surface area contributed by atoms with E-state index in [1.807, 2.05) is 37.1 Å². The molecule has 2 saturated heterocycles. The van der Waals surface area contributed by atoms with E-state index in [0.29, 0.717) is 12.0 Å². The number of hydrogen-bond donors (Lipinski definition) is 0. The fourth-order valence-corrected chi connectivity index (χ4v) is 3.79. The van der Waals surface area contributed by atoms with Gasteiger partial charge in [0.25, 0.3) is 0 Å². The van der Waals surface area contributed by atoms with E-state index >= 15 is 0 Å². The summed E-state index contributed by atoms with van der Waals surface area (Å²) >= 11 is 0. The summed E-state index contributed by atoms with van der Waals surface area (Å²) in [7, 11) is 1.96. The maximum atomic E-state index is 6.33. The molecule has 6 heteroatoms. The summed E-state index contributed by atoms with van der Waals surface area (Å²) in [4.78, 5) is 11.2. The molecule has 23 heavy (non-hydrogen) atoms. The van der Waals surface area contributed by atoms with E-state index in [1.54, 1.807) is 0 Å². The maximum Gasteiger partial charge on any atom is 0.125 e. The Hall–Kier alpha value is -1.79. The quantitative estimate of drug-likeness (QED) is 0.866. The van der Waals surface area contributed by atoms with Crippen LogP contribution in [0.25, 0.3) is 0 Å². The molecule has 0 radical (unpaired) electrons. The third-order valence-corrected chi connectivity index (χ3v) is 4.93. The molecule has 0 spiro atoms. The molecule has 0 N–H and O–H groups in total. The van der Waals surface area contributed by atoms with Gasteiger partial charge >= 0.3 is 0 Å². The fourth-order valence-electron chi connectivity index (χ4n) is 3.79. The number of hydrogen-bond acceptors (Lipinski definition) is 5. The molecule has 2 aromatic rings. The lowest BCUT2D eigenvalue weighted by molar-refractivity contribution is -0.0107. The van der Waals surface area contributed by atoms with Gasteiger partial charge < -0.3 is 4.74 Å². The molecule has 3 atom stereocenters. The minimum absolute atomic E-state index is 0.130. The minimum Gasteiger partial charge on any atom is -0.367 e. The summed E-state index contributed by atoms with van der Waals surface area (Å²) in [6.45, 7) is 5.02. The van der Waals surface area contributed by atoms with Crippen molar-refractivity contribution < 1.29 is 4.74 Å². The smallest absolute Gasteiger partial charge is 0.125 e. The highest BCUT2D eigenvalue weighted by atomic mass is 16.5. The SMILES string of the molecule is Cc1nccc([C@H]2C[C@H]3CCN(Cc4cnn(C)c4)C[C@@H]3O2)n1. The molecule has 0 aliphatic carbocycles. The van der Waals surface area contributed by atoms with Crippen LogP contribution < -0.4 is 0 Å². The van der Waals surface area contributed by atoms with Gasteiger partial charge in [-0.2, -0.15) is 5.10 Å². The summed E-state index contributed by atoms with van der Waals surface area (Å²) in [5, 5.41) is 4.25. The van der Waals surface area contributed by atoms with Crippen molar-refractivity contribution in [2.24, 2.45) is 13.0 Å². The Morgan fingerprint density at radius 2 is 2.30 bits per heavy atom. The Balaban J connectivity index is 1.40. The molecule has 6 nitrogen and oxygen atoms in total. The zero-order valence-electron chi connectivity index (χ0n) is 13.7. The molecule has 0 amide bonds. The van der Waals surface area contributed by atoms with Crippen LogP contribution in [0.3, 0.4) is 0 Å². The van der Waals surface area contributed by atoms with Gasteiger partial charge in [-0.05, 0) is 38.3 Å². The van der Waals surface area contributed by atoms with Gasteiger partial charge in [-0.3, -0.25) is 9.58 Å². The van der Waals surface area contributed by atoms with Crippen LogP contribution in [0.2, 0.25) is 0 Å². The third-order valence-electron chi connectivity index (χ3n) is 4.93. The van der Waals surface area contributed by atoms with Crippen LogP contribution in [0.15, 0.2) is 24.7 Å². The summed E-state index contributed by atoms with van der Waals surface area (Å²) in [5.41, 5.74) is 2.30. The van der Waals surface area contributed by atoms with E-state index in [-0.39, 0.29) is 6.10 Å². The second-order valence-electron chi connectivity index (χ2n) is 6.73. The lowest BCUT2D eigenvalue weighted by Gasteiger charge is -2.33. The van der Waals surface area contributed by atoms with Gasteiger partial charge in [0.2, 0.25) is 0 Å². The number of fused-ring (bicyclic) bond motifs is 1. The van der Waals surface area contributed by atoms with E-state index in [9.17, 15) is 0 Å². The van der Waals surface area contributed by atoms with E-state index < -0.39 is 0 Å². The average Bonchev–Trinajstić information content (AvgIpc) is 3.13. The van der Waals surface area contributed by atoms with Crippen molar-refractivity contribution >= 4 is 0 Å². The van der Waals surface area contributed by atoms with Gasteiger partial charge in [0.05, 0.1) is 18.0 Å². The first-order chi connectivity index (χ1) is 11.2. The number of piperidine rings is 1. The summed E-state index contributed by atoms with van der Waals surface area (Å²) in [5.74, 6) is 1.47. The molecule has 2 aliphatic heterocycles. The van der Waals surface area contributed by atoms with Gasteiger partial charge in [-0.1, -0.05) is 0 Å². The second kappa shape index (κ2) is 6.02. The highest BCUT2D eigenvalue weighted by Crippen LogP contribution is 2.40. The Labute approximate surface area is 136 Å². The highest BCUT2D eigenvalue weighted by molar-refractivity contribution is 5.09. The molecule has 0 aromatic carbocycles. The zero-order valence-corrected chi connectivity index (χ0v) is 13.7. The Bertz CT molecular complexity index is 685. The van der Waals surface area contributed by atoms with Crippen molar-refractivity contribution in [3.8, 4) is 0 Å². The van der Waals surface area contributed by atoms with Gasteiger partial charge in [0.1, 0.15) is 11.9 Å². The number of rotatable bonds is 3. The molecule has 2 aliphatic rings. The standard InChI is InChI=1S/C17H23N5O/c1-12-18-5-3-15(20-12)16-7-14-4-6-22(11-17(14)23-16)10-13-8-19-21(2)9-13/h3,5,8-9,14,16-17H,4,6-7,10-11H2,1-2H3/t14-,16-,17+/m1/s1. The normalized spacial score (nSPS) is 28.0. The van der Waals surface area contributed by atoms with Crippen molar-refractivity contribution in [2.45, 2.75) is 38.5 Å². The third kappa shape index (κ3) is 3.14. The van der Waals surface area contributed by atoms with E-state index in [2.05, 4.69) is 26.2 Å².